The van der Waals surface area contributed by atoms with Crippen LogP contribution in [0.5, 0.6) is 0 Å². The summed E-state index contributed by atoms with van der Waals surface area (Å²) in [5, 5.41) is 0. The molecule has 0 amide bonds. The molecule has 6 atom stereocenters. The van der Waals surface area contributed by atoms with Crippen LogP contribution < -0.4 is 0 Å². The fourth-order valence-corrected chi connectivity index (χ4v) is 3.97. The lowest BCUT2D eigenvalue weighted by atomic mass is 9.72. The maximum atomic E-state index is 12.7. The number of benzene rings is 1. The minimum absolute atomic E-state index is 0.120. The quantitative estimate of drug-likeness (QED) is 0.451. The first-order chi connectivity index (χ1) is 12.5. The predicted molar refractivity (Wildman–Crippen MR) is 87.7 cm³/mol. The van der Waals surface area contributed by atoms with Gasteiger partial charge in [-0.05, 0) is 25.0 Å². The van der Waals surface area contributed by atoms with Crippen molar-refractivity contribution in [3.63, 3.8) is 0 Å². The van der Waals surface area contributed by atoms with E-state index in [1.807, 2.05) is 19.9 Å². The fourth-order valence-electron chi connectivity index (χ4n) is 3.97. The molecular formula is C19H22O7. The molecule has 3 saturated heterocycles. The zero-order valence-electron chi connectivity index (χ0n) is 14.8. The molecule has 0 aliphatic carbocycles. The van der Waals surface area contributed by atoms with Crippen LogP contribution in [0.25, 0.3) is 0 Å². The first kappa shape index (κ1) is 17.6. The van der Waals surface area contributed by atoms with E-state index in [-0.39, 0.29) is 24.3 Å². The van der Waals surface area contributed by atoms with Gasteiger partial charge in [0.25, 0.3) is 0 Å². The Kier molecular flexibility index (Phi) is 4.56. The number of Topliss-reactive ketones (excluding diaryl/α,β-unsaturated/α-hetero) is 1. The van der Waals surface area contributed by atoms with Gasteiger partial charge >= 0.3 is 5.97 Å². The average Bonchev–Trinajstić information content (AvgIpc) is 3.11. The summed E-state index contributed by atoms with van der Waals surface area (Å²) in [5.41, 5.74) is -0.408. The molecular weight excluding hydrogens is 340 g/mol. The smallest absolute Gasteiger partial charge is 0.338 e. The lowest BCUT2D eigenvalue weighted by Gasteiger charge is -2.51. The number of hydrogen-bond donors (Lipinski definition) is 0. The molecule has 0 unspecified atom stereocenters. The van der Waals surface area contributed by atoms with Crippen LogP contribution in [-0.4, -0.2) is 42.6 Å². The third-order valence-electron chi connectivity index (χ3n) is 5.57. The summed E-state index contributed by atoms with van der Waals surface area (Å²) in [7, 11) is 0. The van der Waals surface area contributed by atoms with Gasteiger partial charge in [-0.3, -0.25) is 4.79 Å². The van der Waals surface area contributed by atoms with Gasteiger partial charge in [0.05, 0.1) is 12.2 Å². The van der Waals surface area contributed by atoms with Gasteiger partial charge in [0.2, 0.25) is 12.6 Å². The summed E-state index contributed by atoms with van der Waals surface area (Å²) in [5.74, 6) is -0.966. The third-order valence-corrected chi connectivity index (χ3v) is 5.57. The molecule has 3 aliphatic rings. The van der Waals surface area contributed by atoms with E-state index in [0.717, 1.165) is 0 Å². The molecule has 0 spiro atoms. The largest absolute Gasteiger partial charge is 0.462 e. The topological polar surface area (TPSA) is 80.3 Å². The van der Waals surface area contributed by atoms with Crippen LogP contribution in [0.2, 0.25) is 0 Å². The second-order valence-corrected chi connectivity index (χ2v) is 7.08. The normalized spacial score (nSPS) is 38.2. The van der Waals surface area contributed by atoms with Crippen molar-refractivity contribution in [2.24, 2.45) is 11.8 Å². The summed E-state index contributed by atoms with van der Waals surface area (Å²) >= 11 is 0. The van der Waals surface area contributed by atoms with Crippen molar-refractivity contribution in [2.75, 3.05) is 6.61 Å². The Morgan fingerprint density at radius 2 is 1.96 bits per heavy atom. The van der Waals surface area contributed by atoms with Crippen LogP contribution in [0.15, 0.2) is 30.3 Å². The summed E-state index contributed by atoms with van der Waals surface area (Å²) in [6.07, 6.45) is -0.920. The van der Waals surface area contributed by atoms with E-state index >= 15 is 0 Å². The Bertz CT molecular complexity index is 690. The second kappa shape index (κ2) is 6.74. The molecule has 0 N–H and O–H groups in total. The number of hydrogen-bond acceptors (Lipinski definition) is 7. The SMILES string of the molecule is C[C@@H]1C(=O)[C@H](C)[C@@]2(CCCOC(=O)c3ccccc3)O[C@@H]1[C@@H]1OO[C@H]2O1. The maximum Gasteiger partial charge on any atom is 0.338 e. The van der Waals surface area contributed by atoms with E-state index in [2.05, 4.69) is 0 Å². The minimum Gasteiger partial charge on any atom is -0.462 e. The molecule has 4 rings (SSSR count). The van der Waals surface area contributed by atoms with Gasteiger partial charge in [0, 0.05) is 11.8 Å². The van der Waals surface area contributed by atoms with Crippen LogP contribution in [0, 0.1) is 11.8 Å². The van der Waals surface area contributed by atoms with Crippen molar-refractivity contribution < 1.29 is 33.6 Å². The molecule has 0 aromatic heterocycles. The minimum atomic E-state index is -0.916. The first-order valence-corrected chi connectivity index (χ1v) is 8.94. The molecule has 3 heterocycles. The standard InChI is InChI=1S/C19H22O7/c1-11-14(20)12(2)19(18-23-17(25-26-18)15(11)24-19)9-6-10-22-16(21)13-7-4-3-5-8-13/h3-5,7-8,11-12,15,17-18H,6,9-10H2,1-2H3/t11-,12+,15+,17+,18-,19-/m1/s1. The van der Waals surface area contributed by atoms with Gasteiger partial charge < -0.3 is 14.2 Å². The number of carbonyl (C=O) groups excluding carboxylic acids is 2. The Morgan fingerprint density at radius 3 is 2.73 bits per heavy atom. The van der Waals surface area contributed by atoms with E-state index in [9.17, 15) is 9.59 Å². The summed E-state index contributed by atoms with van der Waals surface area (Å²) in [4.78, 5) is 35.2. The second-order valence-electron chi connectivity index (χ2n) is 7.08. The molecule has 0 radical (unpaired) electrons. The van der Waals surface area contributed by atoms with Crippen LogP contribution >= 0.6 is 0 Å². The molecule has 1 aromatic carbocycles. The van der Waals surface area contributed by atoms with Crippen molar-refractivity contribution in [1.82, 2.24) is 0 Å². The number of ether oxygens (including phenoxy) is 3. The summed E-state index contributed by atoms with van der Waals surface area (Å²) in [6.45, 7) is 3.87. The number of carbonyl (C=O) groups is 2. The lowest BCUT2D eigenvalue weighted by Crippen LogP contribution is -2.66. The van der Waals surface area contributed by atoms with Crippen molar-refractivity contribution in [3.8, 4) is 0 Å². The van der Waals surface area contributed by atoms with Gasteiger partial charge in [0.15, 0.2) is 0 Å². The molecule has 3 fully saturated rings. The zero-order chi connectivity index (χ0) is 18.3. The maximum absolute atomic E-state index is 12.7. The number of esters is 1. The molecule has 4 bridgehead atoms. The van der Waals surface area contributed by atoms with E-state index in [1.165, 1.54) is 0 Å². The first-order valence-electron chi connectivity index (χ1n) is 8.94. The number of rotatable bonds is 5. The van der Waals surface area contributed by atoms with Crippen molar-refractivity contribution in [3.05, 3.63) is 35.9 Å². The Labute approximate surface area is 151 Å². The van der Waals surface area contributed by atoms with Crippen LogP contribution in [0.4, 0.5) is 0 Å². The molecule has 1 aromatic rings. The van der Waals surface area contributed by atoms with Crippen molar-refractivity contribution in [1.29, 1.82) is 0 Å². The van der Waals surface area contributed by atoms with E-state index in [1.54, 1.807) is 24.3 Å². The van der Waals surface area contributed by atoms with E-state index < -0.39 is 30.2 Å². The zero-order valence-corrected chi connectivity index (χ0v) is 14.8. The van der Waals surface area contributed by atoms with E-state index in [4.69, 9.17) is 24.0 Å². The molecule has 26 heavy (non-hydrogen) atoms. The average molecular weight is 362 g/mol. The van der Waals surface area contributed by atoms with Crippen LogP contribution in [0.1, 0.15) is 37.0 Å². The Morgan fingerprint density at radius 1 is 1.19 bits per heavy atom. The fraction of sp³-hybridized carbons (Fsp3) is 0.579. The van der Waals surface area contributed by atoms with Gasteiger partial charge in [-0.15, -0.1) is 0 Å². The molecule has 140 valence electrons. The van der Waals surface area contributed by atoms with Gasteiger partial charge in [-0.1, -0.05) is 32.0 Å². The van der Waals surface area contributed by atoms with Crippen molar-refractivity contribution >= 4 is 11.8 Å². The molecule has 3 aliphatic heterocycles. The van der Waals surface area contributed by atoms with Crippen LogP contribution in [-0.2, 0) is 28.8 Å². The monoisotopic (exact) mass is 362 g/mol. The highest BCUT2D eigenvalue weighted by atomic mass is 17.3. The molecule has 7 nitrogen and oxygen atoms in total. The third kappa shape index (κ3) is 2.75. The van der Waals surface area contributed by atoms with E-state index in [0.29, 0.717) is 18.4 Å². The van der Waals surface area contributed by atoms with Gasteiger partial charge in [0.1, 0.15) is 17.5 Å². The highest BCUT2D eigenvalue weighted by Crippen LogP contribution is 2.49. The summed E-state index contributed by atoms with van der Waals surface area (Å²) in [6, 6.07) is 8.82. The highest BCUT2D eigenvalue weighted by Gasteiger charge is 2.65. The Balaban J connectivity index is 1.40. The highest BCUT2D eigenvalue weighted by molar-refractivity contribution is 5.89. The lowest BCUT2D eigenvalue weighted by molar-refractivity contribution is -0.319. The van der Waals surface area contributed by atoms with Gasteiger partial charge in [-0.25, -0.2) is 4.79 Å². The summed E-state index contributed by atoms with van der Waals surface area (Å²) < 4.78 is 17.3. The van der Waals surface area contributed by atoms with Crippen molar-refractivity contribution in [2.45, 2.75) is 51.0 Å². The molecule has 0 saturated carbocycles. The van der Waals surface area contributed by atoms with Gasteiger partial charge in [-0.2, -0.15) is 9.78 Å². The number of ketones is 1. The molecule has 7 heteroatoms. The predicted octanol–water partition coefficient (Wildman–Crippen LogP) is 2.25. The van der Waals surface area contributed by atoms with Crippen LogP contribution in [0.3, 0.4) is 0 Å². The number of fused-ring (bicyclic) bond motifs is 6. The Hall–Kier alpha value is -1.80.